The van der Waals surface area contributed by atoms with Crippen LogP contribution >= 0.6 is 0 Å². The molecule has 0 aliphatic heterocycles. The van der Waals surface area contributed by atoms with Crippen LogP contribution in [0.15, 0.2) is 66.3 Å². The van der Waals surface area contributed by atoms with Gasteiger partial charge in [0.2, 0.25) is 0 Å². The van der Waals surface area contributed by atoms with Crippen molar-refractivity contribution in [2.24, 2.45) is 0 Å². The molecule has 0 spiro atoms. The first-order chi connectivity index (χ1) is 8.66. The quantitative estimate of drug-likeness (QED) is 0.460. The number of carbonyl (C=O) groups excluding carboxylic acids is 3. The molecule has 0 aromatic heterocycles. The first-order valence-corrected chi connectivity index (χ1v) is 5.42. The molecule has 88 valence electrons. The van der Waals surface area contributed by atoms with Gasteiger partial charge in [-0.25, -0.2) is 0 Å². The molecular formula is C15H10O3. The summed E-state index contributed by atoms with van der Waals surface area (Å²) in [6.45, 7) is 0. The van der Waals surface area contributed by atoms with E-state index in [-0.39, 0.29) is 22.9 Å². The molecule has 18 heavy (non-hydrogen) atoms. The smallest absolute Gasteiger partial charge is 0.186 e. The summed E-state index contributed by atoms with van der Waals surface area (Å²) in [5, 5.41) is 0. The van der Waals surface area contributed by atoms with E-state index in [2.05, 4.69) is 0 Å². The van der Waals surface area contributed by atoms with Crippen molar-refractivity contribution in [3.05, 3.63) is 71.8 Å². The molecular weight excluding hydrogens is 228 g/mol. The highest BCUT2D eigenvalue weighted by Gasteiger charge is 2.10. The Hall–Kier alpha value is -2.55. The lowest BCUT2D eigenvalue weighted by atomic mass is 10.0. The molecule has 0 amide bonds. The summed E-state index contributed by atoms with van der Waals surface area (Å²) in [5.74, 6) is -0.723. The van der Waals surface area contributed by atoms with E-state index in [4.69, 9.17) is 0 Å². The van der Waals surface area contributed by atoms with Gasteiger partial charge in [-0.15, -0.1) is 0 Å². The highest BCUT2D eigenvalue weighted by atomic mass is 16.1. The zero-order valence-corrected chi connectivity index (χ0v) is 9.50. The Labute approximate surface area is 104 Å². The second-order valence-electron chi connectivity index (χ2n) is 3.76. The number of hydrogen-bond acceptors (Lipinski definition) is 3. The first kappa shape index (κ1) is 11.9. The molecule has 1 aliphatic rings. The van der Waals surface area contributed by atoms with Crippen LogP contribution in [0, 0.1) is 0 Å². The Morgan fingerprint density at radius 3 is 2.44 bits per heavy atom. The summed E-state index contributed by atoms with van der Waals surface area (Å²) < 4.78 is 0. The molecule has 0 heterocycles. The number of rotatable bonds is 3. The molecule has 0 N–H and O–H groups in total. The predicted octanol–water partition coefficient (Wildman–Crippen LogP) is 2.06. The maximum absolute atomic E-state index is 11.7. The minimum Gasteiger partial charge on any atom is -0.290 e. The average molecular weight is 238 g/mol. The van der Waals surface area contributed by atoms with E-state index in [1.54, 1.807) is 24.3 Å². The van der Waals surface area contributed by atoms with E-state index in [1.165, 1.54) is 30.4 Å². The molecule has 0 saturated carbocycles. The van der Waals surface area contributed by atoms with Crippen LogP contribution in [0.3, 0.4) is 0 Å². The minimum absolute atomic E-state index is 0.202. The van der Waals surface area contributed by atoms with E-state index >= 15 is 0 Å². The van der Waals surface area contributed by atoms with Crippen LogP contribution in [0.5, 0.6) is 0 Å². The molecule has 1 aromatic rings. The third-order valence-corrected chi connectivity index (χ3v) is 2.45. The van der Waals surface area contributed by atoms with Gasteiger partial charge in [0.1, 0.15) is 0 Å². The van der Waals surface area contributed by atoms with Gasteiger partial charge in [0, 0.05) is 11.1 Å². The molecule has 0 saturated heterocycles. The third kappa shape index (κ3) is 2.77. The van der Waals surface area contributed by atoms with Gasteiger partial charge < -0.3 is 0 Å². The van der Waals surface area contributed by atoms with E-state index in [0.29, 0.717) is 5.56 Å². The van der Waals surface area contributed by atoms with Crippen LogP contribution in [0.1, 0.15) is 10.4 Å². The first-order valence-electron chi connectivity index (χ1n) is 5.42. The predicted molar refractivity (Wildman–Crippen MR) is 67.1 cm³/mol. The van der Waals surface area contributed by atoms with Crippen molar-refractivity contribution in [3.63, 3.8) is 0 Å². The lowest BCUT2D eigenvalue weighted by Crippen LogP contribution is -2.06. The highest BCUT2D eigenvalue weighted by molar-refractivity contribution is 6.19. The van der Waals surface area contributed by atoms with E-state index in [1.807, 2.05) is 6.07 Å². The highest BCUT2D eigenvalue weighted by Crippen LogP contribution is 2.08. The molecule has 3 nitrogen and oxygen atoms in total. The number of allylic oxidation sites excluding steroid dienone is 6. The monoisotopic (exact) mass is 238 g/mol. The normalized spacial score (nSPS) is 15.0. The fourth-order valence-electron chi connectivity index (χ4n) is 1.52. The van der Waals surface area contributed by atoms with Crippen LogP contribution in [0.25, 0.3) is 0 Å². The zero-order valence-electron chi connectivity index (χ0n) is 9.50. The SMILES string of the molecule is O=C1C=CC(=O)C(C=CC(=O)c2ccccc2)=C1. The van der Waals surface area contributed by atoms with Crippen molar-refractivity contribution in [2.45, 2.75) is 0 Å². The largest absolute Gasteiger partial charge is 0.290 e. The molecule has 0 radical (unpaired) electrons. The van der Waals surface area contributed by atoms with E-state index in [0.717, 1.165) is 0 Å². The second-order valence-corrected chi connectivity index (χ2v) is 3.76. The van der Waals surface area contributed by atoms with Gasteiger partial charge in [0.15, 0.2) is 17.3 Å². The Morgan fingerprint density at radius 2 is 1.72 bits per heavy atom. The van der Waals surface area contributed by atoms with Crippen LogP contribution in [-0.4, -0.2) is 17.3 Å². The second kappa shape index (κ2) is 5.19. The van der Waals surface area contributed by atoms with Crippen LogP contribution < -0.4 is 0 Å². The summed E-state index contributed by atoms with van der Waals surface area (Å²) in [6, 6.07) is 8.72. The number of benzene rings is 1. The topological polar surface area (TPSA) is 51.2 Å². The van der Waals surface area contributed by atoms with Gasteiger partial charge in [0.25, 0.3) is 0 Å². The molecule has 1 aliphatic carbocycles. The minimum atomic E-state index is -0.272. The van der Waals surface area contributed by atoms with Gasteiger partial charge in [-0.05, 0) is 30.4 Å². The number of hydrogen-bond donors (Lipinski definition) is 0. The number of ketones is 3. The molecule has 0 unspecified atom stereocenters. The lowest BCUT2D eigenvalue weighted by molar-refractivity contribution is -0.114. The maximum atomic E-state index is 11.7. The lowest BCUT2D eigenvalue weighted by Gasteiger charge is -2.00. The van der Waals surface area contributed by atoms with E-state index in [9.17, 15) is 14.4 Å². The summed E-state index contributed by atoms with van der Waals surface area (Å²) in [6.07, 6.45) is 6.30. The molecule has 1 aromatic carbocycles. The number of carbonyl (C=O) groups is 3. The fraction of sp³-hybridized carbons (Fsp3) is 0. The maximum Gasteiger partial charge on any atom is 0.186 e. The molecule has 0 fully saturated rings. The van der Waals surface area contributed by atoms with Crippen molar-refractivity contribution >= 4 is 17.3 Å². The van der Waals surface area contributed by atoms with Gasteiger partial charge >= 0.3 is 0 Å². The Morgan fingerprint density at radius 1 is 1.00 bits per heavy atom. The summed E-state index contributed by atoms with van der Waals surface area (Å²) >= 11 is 0. The standard InChI is InChI=1S/C15H10O3/c16-13-7-9-15(18)12(10-13)6-8-14(17)11-4-2-1-3-5-11/h1-10H. The van der Waals surface area contributed by atoms with Crippen LogP contribution in [-0.2, 0) is 9.59 Å². The fourth-order valence-corrected chi connectivity index (χ4v) is 1.52. The van der Waals surface area contributed by atoms with Gasteiger partial charge in [-0.2, -0.15) is 0 Å². The van der Waals surface area contributed by atoms with Crippen LogP contribution in [0.4, 0.5) is 0 Å². The summed E-state index contributed by atoms with van der Waals surface area (Å²) in [7, 11) is 0. The molecule has 0 bridgehead atoms. The van der Waals surface area contributed by atoms with E-state index < -0.39 is 0 Å². The van der Waals surface area contributed by atoms with Crippen molar-refractivity contribution in [3.8, 4) is 0 Å². The van der Waals surface area contributed by atoms with Crippen LogP contribution in [0.2, 0.25) is 0 Å². The van der Waals surface area contributed by atoms with Gasteiger partial charge in [0.05, 0.1) is 0 Å². The van der Waals surface area contributed by atoms with Gasteiger partial charge in [-0.1, -0.05) is 30.3 Å². The Bertz CT molecular complexity index is 589. The van der Waals surface area contributed by atoms with Crippen molar-refractivity contribution in [1.82, 2.24) is 0 Å². The molecule has 0 atom stereocenters. The summed E-state index contributed by atoms with van der Waals surface area (Å²) in [4.78, 5) is 34.3. The third-order valence-electron chi connectivity index (χ3n) is 2.45. The summed E-state index contributed by atoms with van der Waals surface area (Å²) in [5.41, 5.74) is 0.770. The van der Waals surface area contributed by atoms with Gasteiger partial charge in [-0.3, -0.25) is 14.4 Å². The van der Waals surface area contributed by atoms with Crippen molar-refractivity contribution in [1.29, 1.82) is 0 Å². The Kier molecular flexibility index (Phi) is 3.44. The molecule has 3 heteroatoms. The molecule has 2 rings (SSSR count). The average Bonchev–Trinajstić information content (AvgIpc) is 2.40. The Balaban J connectivity index is 2.15. The zero-order chi connectivity index (χ0) is 13.0. The van der Waals surface area contributed by atoms with Crippen molar-refractivity contribution < 1.29 is 14.4 Å². The van der Waals surface area contributed by atoms with Crippen molar-refractivity contribution in [2.75, 3.05) is 0 Å².